The van der Waals surface area contributed by atoms with Gasteiger partial charge in [-0.2, -0.15) is 0 Å². The van der Waals surface area contributed by atoms with Gasteiger partial charge in [-0.1, -0.05) is 0 Å². The first kappa shape index (κ1) is 16.5. The molecule has 2 N–H and O–H groups in total. The first-order valence-corrected chi connectivity index (χ1v) is 9.20. The van der Waals surface area contributed by atoms with Crippen molar-refractivity contribution in [3.05, 3.63) is 36.9 Å². The molecule has 2 aromatic rings. The SMILES string of the molecule is CN=C(NCCc1ccc(Br)s1)NCCc1ncc(C)s1. The molecule has 0 spiro atoms. The zero-order chi connectivity index (χ0) is 15.1. The maximum atomic E-state index is 4.36. The minimum absolute atomic E-state index is 0.844. The average molecular weight is 387 g/mol. The van der Waals surface area contributed by atoms with Crippen LogP contribution < -0.4 is 10.6 Å². The Bertz CT molecular complexity index is 543. The minimum atomic E-state index is 0.844. The van der Waals surface area contributed by atoms with Crippen molar-refractivity contribution in [1.82, 2.24) is 15.6 Å². The molecule has 2 aromatic heterocycles. The Balaban J connectivity index is 1.66. The summed E-state index contributed by atoms with van der Waals surface area (Å²) < 4.78 is 1.18. The van der Waals surface area contributed by atoms with Crippen molar-refractivity contribution < 1.29 is 0 Å². The van der Waals surface area contributed by atoms with Crippen LogP contribution in [0.15, 0.2) is 27.1 Å². The van der Waals surface area contributed by atoms with Gasteiger partial charge in [-0.05, 0) is 41.4 Å². The van der Waals surface area contributed by atoms with Crippen LogP contribution >= 0.6 is 38.6 Å². The lowest BCUT2D eigenvalue weighted by Gasteiger charge is -2.10. The summed E-state index contributed by atoms with van der Waals surface area (Å²) in [4.78, 5) is 11.2. The van der Waals surface area contributed by atoms with E-state index in [9.17, 15) is 0 Å². The van der Waals surface area contributed by atoms with Gasteiger partial charge in [0, 0.05) is 42.5 Å². The van der Waals surface area contributed by atoms with Crippen LogP contribution in [0.3, 0.4) is 0 Å². The standard InChI is InChI=1S/C14H19BrN4S2/c1-10-9-19-13(20-10)6-8-18-14(16-2)17-7-5-11-3-4-12(15)21-11/h3-4,9H,5-8H2,1-2H3,(H2,16,17,18). The van der Waals surface area contributed by atoms with E-state index in [0.717, 1.165) is 31.9 Å². The van der Waals surface area contributed by atoms with Crippen molar-refractivity contribution in [2.45, 2.75) is 19.8 Å². The average Bonchev–Trinajstić information content (AvgIpc) is 3.06. The molecular formula is C14H19BrN4S2. The summed E-state index contributed by atoms with van der Waals surface area (Å²) in [5, 5.41) is 7.82. The number of aliphatic imine (C=N–C) groups is 1. The molecule has 0 unspecified atom stereocenters. The Labute approximate surface area is 141 Å². The summed E-state index contributed by atoms with van der Waals surface area (Å²) in [6.45, 7) is 3.80. The summed E-state index contributed by atoms with van der Waals surface area (Å²) >= 11 is 7.01. The van der Waals surface area contributed by atoms with Gasteiger partial charge < -0.3 is 10.6 Å². The van der Waals surface area contributed by atoms with Crippen molar-refractivity contribution in [2.24, 2.45) is 4.99 Å². The lowest BCUT2D eigenvalue weighted by Crippen LogP contribution is -2.39. The first-order chi connectivity index (χ1) is 10.2. The molecule has 0 fully saturated rings. The fraction of sp³-hybridized carbons (Fsp3) is 0.429. The van der Waals surface area contributed by atoms with E-state index < -0.39 is 0 Å². The zero-order valence-electron chi connectivity index (χ0n) is 12.1. The highest BCUT2D eigenvalue weighted by Gasteiger charge is 2.02. The van der Waals surface area contributed by atoms with E-state index in [2.05, 4.69) is 55.6 Å². The molecule has 4 nitrogen and oxygen atoms in total. The normalized spacial score (nSPS) is 11.7. The lowest BCUT2D eigenvalue weighted by molar-refractivity contribution is 0.785. The monoisotopic (exact) mass is 386 g/mol. The molecule has 0 saturated carbocycles. The Morgan fingerprint density at radius 3 is 2.57 bits per heavy atom. The predicted molar refractivity (Wildman–Crippen MR) is 95.6 cm³/mol. The molecule has 21 heavy (non-hydrogen) atoms. The second-order valence-corrected chi connectivity index (χ2v) is 8.36. The number of nitrogens with one attached hydrogen (secondary N) is 2. The molecule has 7 heteroatoms. The summed E-state index contributed by atoms with van der Waals surface area (Å²) in [6, 6.07) is 4.24. The Hall–Kier alpha value is -0.920. The van der Waals surface area contributed by atoms with E-state index in [1.165, 1.54) is 18.5 Å². The fourth-order valence-corrected chi connectivity index (χ4v) is 4.08. The fourth-order valence-electron chi connectivity index (χ4n) is 1.82. The van der Waals surface area contributed by atoms with Gasteiger partial charge >= 0.3 is 0 Å². The summed E-state index contributed by atoms with van der Waals surface area (Å²) in [6.07, 6.45) is 3.85. The van der Waals surface area contributed by atoms with Crippen LogP contribution in [0.2, 0.25) is 0 Å². The molecule has 0 aliphatic carbocycles. The molecule has 2 heterocycles. The summed E-state index contributed by atoms with van der Waals surface area (Å²) in [7, 11) is 1.80. The van der Waals surface area contributed by atoms with E-state index in [0.29, 0.717) is 0 Å². The smallest absolute Gasteiger partial charge is 0.191 e. The van der Waals surface area contributed by atoms with Gasteiger partial charge in [-0.15, -0.1) is 22.7 Å². The number of hydrogen-bond donors (Lipinski definition) is 2. The van der Waals surface area contributed by atoms with E-state index in [1.807, 2.05) is 6.20 Å². The molecule has 0 radical (unpaired) electrons. The van der Waals surface area contributed by atoms with Gasteiger partial charge in [-0.3, -0.25) is 4.99 Å². The predicted octanol–water partition coefficient (Wildman–Crippen LogP) is 3.23. The maximum absolute atomic E-state index is 4.36. The number of thiazole rings is 1. The Morgan fingerprint density at radius 1 is 1.24 bits per heavy atom. The molecule has 0 aromatic carbocycles. The van der Waals surface area contributed by atoms with E-state index in [1.54, 1.807) is 29.7 Å². The second-order valence-electron chi connectivity index (χ2n) is 4.50. The van der Waals surface area contributed by atoms with Crippen LogP contribution in [0, 0.1) is 6.92 Å². The Kier molecular flexibility index (Phi) is 6.66. The van der Waals surface area contributed by atoms with Gasteiger partial charge in [0.1, 0.15) is 0 Å². The minimum Gasteiger partial charge on any atom is -0.356 e. The van der Waals surface area contributed by atoms with Crippen LogP contribution in [0.4, 0.5) is 0 Å². The van der Waals surface area contributed by atoms with Crippen LogP contribution in [-0.4, -0.2) is 31.1 Å². The molecule has 0 aliphatic rings. The zero-order valence-corrected chi connectivity index (χ0v) is 15.4. The molecule has 2 rings (SSSR count). The van der Waals surface area contributed by atoms with Crippen LogP contribution in [-0.2, 0) is 12.8 Å². The molecule has 0 saturated heterocycles. The van der Waals surface area contributed by atoms with Crippen LogP contribution in [0.25, 0.3) is 0 Å². The van der Waals surface area contributed by atoms with E-state index in [-0.39, 0.29) is 0 Å². The van der Waals surface area contributed by atoms with Crippen molar-refractivity contribution in [3.63, 3.8) is 0 Å². The molecule has 0 atom stereocenters. The van der Waals surface area contributed by atoms with E-state index >= 15 is 0 Å². The molecular weight excluding hydrogens is 368 g/mol. The molecule has 0 amide bonds. The van der Waals surface area contributed by atoms with Gasteiger partial charge in [0.2, 0.25) is 0 Å². The van der Waals surface area contributed by atoms with Crippen molar-refractivity contribution >= 4 is 44.6 Å². The van der Waals surface area contributed by atoms with Crippen LogP contribution in [0.1, 0.15) is 14.8 Å². The topological polar surface area (TPSA) is 49.3 Å². The number of rotatable bonds is 6. The number of aryl methyl sites for hydroxylation is 1. The van der Waals surface area contributed by atoms with E-state index in [4.69, 9.17) is 0 Å². The third-order valence-corrected chi connectivity index (χ3v) is 5.47. The van der Waals surface area contributed by atoms with Crippen molar-refractivity contribution in [1.29, 1.82) is 0 Å². The van der Waals surface area contributed by atoms with Crippen molar-refractivity contribution in [3.8, 4) is 0 Å². The molecule has 114 valence electrons. The number of nitrogens with zero attached hydrogens (tertiary/aromatic N) is 2. The number of hydrogen-bond acceptors (Lipinski definition) is 4. The van der Waals surface area contributed by atoms with Gasteiger partial charge in [-0.25, -0.2) is 4.98 Å². The number of aromatic nitrogens is 1. The number of thiophene rings is 1. The van der Waals surface area contributed by atoms with Crippen LogP contribution in [0.5, 0.6) is 0 Å². The van der Waals surface area contributed by atoms with Gasteiger partial charge in [0.05, 0.1) is 8.79 Å². The Morgan fingerprint density at radius 2 is 2.00 bits per heavy atom. The maximum Gasteiger partial charge on any atom is 0.191 e. The highest BCUT2D eigenvalue weighted by atomic mass is 79.9. The second kappa shape index (κ2) is 8.51. The molecule has 0 aliphatic heterocycles. The summed E-state index contributed by atoms with van der Waals surface area (Å²) in [5.74, 6) is 0.846. The first-order valence-electron chi connectivity index (χ1n) is 6.77. The highest BCUT2D eigenvalue weighted by molar-refractivity contribution is 9.11. The molecule has 0 bridgehead atoms. The third kappa shape index (κ3) is 5.76. The van der Waals surface area contributed by atoms with Gasteiger partial charge in [0.15, 0.2) is 5.96 Å². The lowest BCUT2D eigenvalue weighted by atomic mass is 10.3. The number of halogens is 1. The van der Waals surface area contributed by atoms with Gasteiger partial charge in [0.25, 0.3) is 0 Å². The summed E-state index contributed by atoms with van der Waals surface area (Å²) in [5.41, 5.74) is 0. The quantitative estimate of drug-likeness (QED) is 0.591. The number of guanidine groups is 1. The largest absolute Gasteiger partial charge is 0.356 e. The van der Waals surface area contributed by atoms with Crippen molar-refractivity contribution in [2.75, 3.05) is 20.1 Å². The highest BCUT2D eigenvalue weighted by Crippen LogP contribution is 2.21. The third-order valence-electron chi connectivity index (χ3n) is 2.82.